The first kappa shape index (κ1) is 20.3. The van der Waals surface area contributed by atoms with E-state index in [9.17, 15) is 27.2 Å². The lowest BCUT2D eigenvalue weighted by atomic mass is 10.1. The number of alkyl halides is 3. The largest absolute Gasteiger partial charge is 0.416 e. The Bertz CT molecular complexity index is 1390. The minimum absolute atomic E-state index is 0.00227. The summed E-state index contributed by atoms with van der Waals surface area (Å²) in [4.78, 5) is 33.2. The number of nitrogens with two attached hydrogens (primary N) is 1. The number of aryl methyl sites for hydroxylation is 1. The molecule has 2 N–H and O–H groups in total. The van der Waals surface area contributed by atoms with Gasteiger partial charge in [0.15, 0.2) is 17.2 Å². The average molecular weight is 431 g/mol. The number of fused-ring (bicyclic) bond motifs is 1. The first-order chi connectivity index (χ1) is 14.6. The van der Waals surface area contributed by atoms with Gasteiger partial charge in [-0.3, -0.25) is 9.36 Å². The molecular weight excluding hydrogens is 418 g/mol. The second kappa shape index (κ2) is 7.04. The van der Waals surface area contributed by atoms with Crippen LogP contribution in [0.3, 0.4) is 0 Å². The van der Waals surface area contributed by atoms with Crippen LogP contribution in [0.15, 0.2) is 53.3 Å². The van der Waals surface area contributed by atoms with Gasteiger partial charge in [0.05, 0.1) is 11.3 Å². The molecule has 1 amide bonds. The molecule has 11 heteroatoms. The number of aromatic nitrogens is 4. The summed E-state index contributed by atoms with van der Waals surface area (Å²) >= 11 is 0. The molecule has 0 aliphatic carbocycles. The number of carbonyl (C=O) groups is 1. The van der Waals surface area contributed by atoms with E-state index in [4.69, 9.17) is 5.73 Å². The standard InChI is InChI=1S/C20H13F4N5O2/c1-28-15-14(16(25)30)26-17(10-3-2-4-11(9-10)20(22,23)24)27-18(15)29(19(28)31)13-7-5-12(21)6-8-13/h2-9H,1H3,(H2,25,30). The van der Waals surface area contributed by atoms with Crippen LogP contribution in [0.1, 0.15) is 16.1 Å². The molecule has 0 saturated carbocycles. The Hall–Kier alpha value is -4.02. The molecule has 0 saturated heterocycles. The minimum Gasteiger partial charge on any atom is -0.364 e. The van der Waals surface area contributed by atoms with E-state index < -0.39 is 29.2 Å². The van der Waals surface area contributed by atoms with Crippen molar-refractivity contribution in [3.63, 3.8) is 0 Å². The Labute approximate surface area is 171 Å². The van der Waals surface area contributed by atoms with Gasteiger partial charge in [-0.2, -0.15) is 13.2 Å². The van der Waals surface area contributed by atoms with Gasteiger partial charge < -0.3 is 5.73 Å². The van der Waals surface area contributed by atoms with Gasteiger partial charge in [0, 0.05) is 12.6 Å². The summed E-state index contributed by atoms with van der Waals surface area (Å²) in [6.45, 7) is 0. The van der Waals surface area contributed by atoms with E-state index in [1.165, 1.54) is 31.3 Å². The van der Waals surface area contributed by atoms with Gasteiger partial charge >= 0.3 is 11.9 Å². The molecule has 2 heterocycles. The summed E-state index contributed by atoms with van der Waals surface area (Å²) in [5.74, 6) is -1.75. The highest BCUT2D eigenvalue weighted by Gasteiger charge is 2.31. The fourth-order valence-corrected chi connectivity index (χ4v) is 3.20. The first-order valence-corrected chi connectivity index (χ1v) is 8.81. The quantitative estimate of drug-likeness (QED) is 0.505. The third-order valence-electron chi connectivity index (χ3n) is 4.66. The third kappa shape index (κ3) is 3.43. The molecule has 4 rings (SSSR count). The van der Waals surface area contributed by atoms with Gasteiger partial charge in [-0.05, 0) is 36.4 Å². The molecule has 7 nitrogen and oxygen atoms in total. The van der Waals surface area contributed by atoms with Gasteiger partial charge in [-0.1, -0.05) is 12.1 Å². The molecule has 0 aliphatic rings. The number of halogens is 4. The van der Waals surface area contributed by atoms with Crippen molar-refractivity contribution in [1.82, 2.24) is 19.1 Å². The van der Waals surface area contributed by atoms with Crippen molar-refractivity contribution < 1.29 is 22.4 Å². The Morgan fingerprint density at radius 2 is 1.74 bits per heavy atom. The number of nitrogens with zero attached hydrogens (tertiary/aromatic N) is 4. The van der Waals surface area contributed by atoms with Gasteiger partial charge in [-0.15, -0.1) is 0 Å². The topological polar surface area (TPSA) is 95.8 Å². The van der Waals surface area contributed by atoms with E-state index >= 15 is 0 Å². The molecule has 2 aromatic carbocycles. The maximum atomic E-state index is 13.3. The van der Waals surface area contributed by atoms with E-state index in [1.54, 1.807) is 0 Å². The van der Waals surface area contributed by atoms with Gasteiger partial charge in [0.1, 0.15) is 11.3 Å². The number of primary amides is 1. The number of imidazole rings is 1. The van der Waals surface area contributed by atoms with E-state index in [1.807, 2.05) is 0 Å². The molecule has 2 aromatic heterocycles. The van der Waals surface area contributed by atoms with Crippen molar-refractivity contribution in [2.45, 2.75) is 6.18 Å². The Morgan fingerprint density at radius 3 is 2.35 bits per heavy atom. The second-order valence-electron chi connectivity index (χ2n) is 6.66. The SMILES string of the molecule is Cn1c(=O)n(-c2ccc(F)cc2)c2nc(-c3cccc(C(F)(F)F)c3)nc(C(N)=O)c21. The number of rotatable bonds is 3. The van der Waals surface area contributed by atoms with Gasteiger partial charge in [0.25, 0.3) is 5.91 Å². The van der Waals surface area contributed by atoms with Gasteiger partial charge in [-0.25, -0.2) is 23.7 Å². The lowest BCUT2D eigenvalue weighted by Crippen LogP contribution is -2.21. The lowest BCUT2D eigenvalue weighted by molar-refractivity contribution is -0.137. The van der Waals surface area contributed by atoms with Crippen molar-refractivity contribution >= 4 is 17.1 Å². The van der Waals surface area contributed by atoms with Crippen LogP contribution in [-0.4, -0.2) is 25.0 Å². The summed E-state index contributed by atoms with van der Waals surface area (Å²) in [6, 6.07) is 9.13. The summed E-state index contributed by atoms with van der Waals surface area (Å²) in [6.07, 6.45) is -4.60. The van der Waals surface area contributed by atoms with Crippen molar-refractivity contribution in [2.24, 2.45) is 12.8 Å². The highest BCUT2D eigenvalue weighted by molar-refractivity contribution is 6.02. The average Bonchev–Trinajstić information content (AvgIpc) is 2.98. The van der Waals surface area contributed by atoms with Crippen LogP contribution >= 0.6 is 0 Å². The van der Waals surface area contributed by atoms with Crippen molar-refractivity contribution in [3.05, 3.63) is 76.1 Å². The molecular formula is C20H13F4N5O2. The maximum Gasteiger partial charge on any atom is 0.416 e. The van der Waals surface area contributed by atoms with Gasteiger partial charge in [0.2, 0.25) is 0 Å². The fraction of sp³-hybridized carbons (Fsp3) is 0.100. The minimum atomic E-state index is -4.60. The molecule has 31 heavy (non-hydrogen) atoms. The van der Waals surface area contributed by atoms with E-state index in [0.717, 1.165) is 33.4 Å². The first-order valence-electron chi connectivity index (χ1n) is 8.81. The van der Waals surface area contributed by atoms with E-state index in [-0.39, 0.29) is 33.9 Å². The number of carbonyl (C=O) groups excluding carboxylic acids is 1. The Morgan fingerprint density at radius 1 is 1.06 bits per heavy atom. The molecule has 4 aromatic rings. The van der Waals surface area contributed by atoms with E-state index in [2.05, 4.69) is 9.97 Å². The summed E-state index contributed by atoms with van der Waals surface area (Å²) in [7, 11) is 1.37. The Balaban J connectivity index is 2.06. The van der Waals surface area contributed by atoms with Crippen LogP contribution in [-0.2, 0) is 13.2 Å². The van der Waals surface area contributed by atoms with Crippen LogP contribution < -0.4 is 11.4 Å². The number of benzene rings is 2. The van der Waals surface area contributed by atoms with Crippen molar-refractivity contribution in [3.8, 4) is 17.1 Å². The number of amides is 1. The lowest BCUT2D eigenvalue weighted by Gasteiger charge is -2.10. The smallest absolute Gasteiger partial charge is 0.364 e. The van der Waals surface area contributed by atoms with Crippen LogP contribution in [0.4, 0.5) is 17.6 Å². The molecule has 158 valence electrons. The van der Waals surface area contributed by atoms with Crippen LogP contribution in [0.5, 0.6) is 0 Å². The van der Waals surface area contributed by atoms with Crippen LogP contribution in [0.2, 0.25) is 0 Å². The highest BCUT2D eigenvalue weighted by atomic mass is 19.4. The summed E-state index contributed by atoms with van der Waals surface area (Å²) in [5.41, 5.74) is 3.68. The normalized spacial score (nSPS) is 11.8. The monoisotopic (exact) mass is 431 g/mol. The number of hydrogen-bond acceptors (Lipinski definition) is 4. The molecule has 0 radical (unpaired) electrons. The summed E-state index contributed by atoms with van der Waals surface area (Å²) in [5, 5.41) is 0. The third-order valence-corrected chi connectivity index (χ3v) is 4.66. The zero-order valence-electron chi connectivity index (χ0n) is 15.8. The Kier molecular flexibility index (Phi) is 4.60. The zero-order chi connectivity index (χ0) is 22.5. The van der Waals surface area contributed by atoms with Crippen molar-refractivity contribution in [2.75, 3.05) is 0 Å². The maximum absolute atomic E-state index is 13.3. The molecule has 0 spiro atoms. The second-order valence-corrected chi connectivity index (χ2v) is 6.66. The molecule has 0 aliphatic heterocycles. The van der Waals surface area contributed by atoms with E-state index in [0.29, 0.717) is 0 Å². The molecule has 0 fully saturated rings. The molecule has 0 unspecified atom stereocenters. The van der Waals surface area contributed by atoms with Crippen molar-refractivity contribution in [1.29, 1.82) is 0 Å². The zero-order valence-corrected chi connectivity index (χ0v) is 15.8. The molecule has 0 bridgehead atoms. The fourth-order valence-electron chi connectivity index (χ4n) is 3.20. The predicted octanol–water partition coefficient (Wildman–Crippen LogP) is 3.04. The highest BCUT2D eigenvalue weighted by Crippen LogP contribution is 2.32. The van der Waals surface area contributed by atoms with Crippen LogP contribution in [0.25, 0.3) is 28.2 Å². The van der Waals surface area contributed by atoms with Crippen LogP contribution in [0, 0.1) is 5.82 Å². The summed E-state index contributed by atoms with van der Waals surface area (Å²) < 4.78 is 54.9. The number of hydrogen-bond donors (Lipinski definition) is 1. The molecule has 0 atom stereocenters. The predicted molar refractivity (Wildman–Crippen MR) is 103 cm³/mol.